The third-order valence-electron chi connectivity index (χ3n) is 3.92. The zero-order valence-electron chi connectivity index (χ0n) is 12.8. The number of pyridine rings is 1. The number of amides is 2. The molecule has 2 amide bonds. The van der Waals surface area contributed by atoms with Gasteiger partial charge in [-0.05, 0) is 25.6 Å². The molecule has 0 spiro atoms. The first-order valence-corrected chi connectivity index (χ1v) is 7.31. The minimum Gasteiger partial charge on any atom is -0.347 e. The Morgan fingerprint density at radius 2 is 2.23 bits per heavy atom. The van der Waals surface area contributed by atoms with Crippen LogP contribution in [0.1, 0.15) is 17.4 Å². The summed E-state index contributed by atoms with van der Waals surface area (Å²) < 4.78 is 0. The van der Waals surface area contributed by atoms with Gasteiger partial charge in [0.2, 0.25) is 0 Å². The van der Waals surface area contributed by atoms with Gasteiger partial charge in [0, 0.05) is 38.2 Å². The molecule has 0 aromatic carbocycles. The van der Waals surface area contributed by atoms with E-state index in [1.54, 1.807) is 23.5 Å². The number of aromatic amines is 1. The van der Waals surface area contributed by atoms with Gasteiger partial charge in [0.1, 0.15) is 11.6 Å². The number of rotatable bonds is 2. The fourth-order valence-corrected chi connectivity index (χ4v) is 2.54. The van der Waals surface area contributed by atoms with E-state index in [9.17, 15) is 4.79 Å². The number of likely N-dealkylation sites (N-methyl/N-ethyl adjacent to an activating group) is 1. The van der Waals surface area contributed by atoms with Gasteiger partial charge in [-0.3, -0.25) is 10.2 Å². The first kappa shape index (κ1) is 14.5. The fraction of sp³-hybridized carbons (Fsp3) is 0.400. The van der Waals surface area contributed by atoms with Gasteiger partial charge in [-0.25, -0.2) is 14.8 Å². The van der Waals surface area contributed by atoms with E-state index in [2.05, 4.69) is 25.2 Å². The van der Waals surface area contributed by atoms with Gasteiger partial charge in [0.15, 0.2) is 0 Å². The summed E-state index contributed by atoms with van der Waals surface area (Å²) in [5.41, 5.74) is 1.07. The maximum absolute atomic E-state index is 12.4. The molecule has 2 aromatic rings. The van der Waals surface area contributed by atoms with Crippen molar-refractivity contribution in [3.8, 4) is 0 Å². The number of H-pyrrole nitrogens is 1. The molecule has 7 heteroatoms. The van der Waals surface area contributed by atoms with Crippen molar-refractivity contribution in [2.45, 2.75) is 13.0 Å². The van der Waals surface area contributed by atoms with Gasteiger partial charge in [0.25, 0.3) is 0 Å². The Bertz CT molecular complexity index is 624. The van der Waals surface area contributed by atoms with Crippen molar-refractivity contribution in [1.29, 1.82) is 0 Å². The number of aryl methyl sites for hydroxylation is 1. The van der Waals surface area contributed by atoms with Crippen LogP contribution in [0.2, 0.25) is 0 Å². The summed E-state index contributed by atoms with van der Waals surface area (Å²) >= 11 is 0. The van der Waals surface area contributed by atoms with Crippen LogP contribution in [0, 0.1) is 6.92 Å². The molecule has 2 aromatic heterocycles. The Morgan fingerprint density at radius 1 is 1.36 bits per heavy atom. The van der Waals surface area contributed by atoms with Crippen molar-refractivity contribution >= 4 is 11.8 Å². The third-order valence-corrected chi connectivity index (χ3v) is 3.92. The highest BCUT2D eigenvalue weighted by Crippen LogP contribution is 2.21. The minimum atomic E-state index is -0.124. The summed E-state index contributed by atoms with van der Waals surface area (Å²) in [5, 5.41) is 2.85. The van der Waals surface area contributed by atoms with Crippen LogP contribution in [0.25, 0.3) is 0 Å². The summed E-state index contributed by atoms with van der Waals surface area (Å²) in [5.74, 6) is 1.46. The third kappa shape index (κ3) is 3.09. The van der Waals surface area contributed by atoms with Gasteiger partial charge >= 0.3 is 6.03 Å². The molecule has 0 unspecified atom stereocenters. The number of nitrogens with zero attached hydrogens (tertiary/aromatic N) is 4. The summed E-state index contributed by atoms with van der Waals surface area (Å²) in [6.07, 6.45) is 5.28. The lowest BCUT2D eigenvalue weighted by Gasteiger charge is -2.38. The van der Waals surface area contributed by atoms with E-state index in [1.807, 2.05) is 26.1 Å². The molecule has 0 saturated carbocycles. The average Bonchev–Trinajstić information content (AvgIpc) is 3.04. The van der Waals surface area contributed by atoms with Crippen LogP contribution in [0.5, 0.6) is 0 Å². The highest BCUT2D eigenvalue weighted by molar-refractivity contribution is 5.88. The number of carbonyl (C=O) groups is 1. The molecule has 0 aliphatic carbocycles. The van der Waals surface area contributed by atoms with E-state index in [-0.39, 0.29) is 12.1 Å². The Morgan fingerprint density at radius 3 is 2.91 bits per heavy atom. The maximum atomic E-state index is 12.4. The van der Waals surface area contributed by atoms with Gasteiger partial charge in [-0.2, -0.15) is 0 Å². The van der Waals surface area contributed by atoms with E-state index in [1.165, 1.54) is 0 Å². The molecule has 1 aliphatic rings. The number of nitrogens with one attached hydrogen (secondary N) is 2. The van der Waals surface area contributed by atoms with Crippen LogP contribution < -0.4 is 5.32 Å². The molecular weight excluding hydrogens is 280 g/mol. The van der Waals surface area contributed by atoms with Crippen LogP contribution >= 0.6 is 0 Å². The molecule has 1 atom stereocenters. The van der Waals surface area contributed by atoms with E-state index in [0.717, 1.165) is 17.9 Å². The van der Waals surface area contributed by atoms with Gasteiger partial charge in [-0.15, -0.1) is 0 Å². The fourth-order valence-electron chi connectivity index (χ4n) is 2.54. The van der Waals surface area contributed by atoms with E-state index in [0.29, 0.717) is 18.9 Å². The van der Waals surface area contributed by atoms with Crippen molar-refractivity contribution in [3.05, 3.63) is 42.1 Å². The quantitative estimate of drug-likeness (QED) is 0.884. The van der Waals surface area contributed by atoms with E-state index >= 15 is 0 Å². The summed E-state index contributed by atoms with van der Waals surface area (Å²) in [6, 6.07) is 3.70. The van der Waals surface area contributed by atoms with Crippen LogP contribution in [-0.4, -0.2) is 57.5 Å². The van der Waals surface area contributed by atoms with Gasteiger partial charge in [0.05, 0.1) is 6.04 Å². The summed E-state index contributed by atoms with van der Waals surface area (Å²) in [4.78, 5) is 28.0. The van der Waals surface area contributed by atoms with Gasteiger partial charge < -0.3 is 9.88 Å². The van der Waals surface area contributed by atoms with E-state index < -0.39 is 0 Å². The number of hydrogen-bond acceptors (Lipinski definition) is 4. The zero-order chi connectivity index (χ0) is 15.5. The Kier molecular flexibility index (Phi) is 4.06. The SMILES string of the molecule is Cc1ccc(NC(=O)N2CCN(C)[C@@H](c3ncc[nH]3)C2)nc1. The Labute approximate surface area is 129 Å². The molecule has 1 saturated heterocycles. The lowest BCUT2D eigenvalue weighted by molar-refractivity contribution is 0.112. The molecule has 1 aliphatic heterocycles. The topological polar surface area (TPSA) is 77.2 Å². The molecule has 116 valence electrons. The second kappa shape index (κ2) is 6.15. The number of anilines is 1. The van der Waals surface area contributed by atoms with Crippen molar-refractivity contribution < 1.29 is 4.79 Å². The lowest BCUT2D eigenvalue weighted by Crippen LogP contribution is -2.50. The van der Waals surface area contributed by atoms with Crippen LogP contribution in [-0.2, 0) is 0 Å². The standard InChI is InChI=1S/C15H20N6O/c1-11-3-4-13(18-9-11)19-15(22)21-8-7-20(2)12(10-21)14-16-5-6-17-14/h3-6,9,12H,7-8,10H2,1-2H3,(H,16,17)(H,18,19,22)/t12-/m1/s1. The monoisotopic (exact) mass is 300 g/mol. The predicted molar refractivity (Wildman–Crippen MR) is 83.5 cm³/mol. The number of urea groups is 1. The number of piperazine rings is 1. The average molecular weight is 300 g/mol. The summed E-state index contributed by atoms with van der Waals surface area (Å²) in [6.45, 7) is 4.06. The van der Waals surface area contributed by atoms with Crippen molar-refractivity contribution in [3.63, 3.8) is 0 Å². The lowest BCUT2D eigenvalue weighted by atomic mass is 10.1. The number of imidazole rings is 1. The van der Waals surface area contributed by atoms with Crippen molar-refractivity contribution in [2.75, 3.05) is 32.0 Å². The molecule has 3 heterocycles. The largest absolute Gasteiger partial charge is 0.347 e. The Balaban J connectivity index is 1.66. The highest BCUT2D eigenvalue weighted by atomic mass is 16.2. The summed E-state index contributed by atoms with van der Waals surface area (Å²) in [7, 11) is 2.05. The number of carbonyl (C=O) groups excluding carboxylic acids is 1. The highest BCUT2D eigenvalue weighted by Gasteiger charge is 2.29. The van der Waals surface area contributed by atoms with Crippen molar-refractivity contribution in [1.82, 2.24) is 24.8 Å². The number of aromatic nitrogens is 3. The second-order valence-electron chi connectivity index (χ2n) is 5.57. The first-order chi connectivity index (χ1) is 10.6. The zero-order valence-corrected chi connectivity index (χ0v) is 12.8. The van der Waals surface area contributed by atoms with Crippen LogP contribution in [0.3, 0.4) is 0 Å². The van der Waals surface area contributed by atoms with Crippen molar-refractivity contribution in [2.24, 2.45) is 0 Å². The smallest absolute Gasteiger partial charge is 0.323 e. The molecule has 22 heavy (non-hydrogen) atoms. The first-order valence-electron chi connectivity index (χ1n) is 7.31. The Hall–Kier alpha value is -2.41. The molecule has 0 bridgehead atoms. The minimum absolute atomic E-state index is 0.0838. The normalized spacial score (nSPS) is 19.2. The van der Waals surface area contributed by atoms with Gasteiger partial charge in [-0.1, -0.05) is 6.07 Å². The molecule has 1 fully saturated rings. The molecule has 7 nitrogen and oxygen atoms in total. The second-order valence-corrected chi connectivity index (χ2v) is 5.57. The maximum Gasteiger partial charge on any atom is 0.323 e. The molecule has 2 N–H and O–H groups in total. The molecule has 3 rings (SSSR count). The van der Waals surface area contributed by atoms with Crippen LogP contribution in [0.15, 0.2) is 30.7 Å². The van der Waals surface area contributed by atoms with E-state index in [4.69, 9.17) is 0 Å². The predicted octanol–water partition coefficient (Wildman–Crippen LogP) is 1.63. The van der Waals surface area contributed by atoms with Crippen LogP contribution in [0.4, 0.5) is 10.6 Å². The number of hydrogen-bond donors (Lipinski definition) is 2. The molecule has 0 radical (unpaired) electrons. The molecular formula is C15H20N6O.